The number of nitrogens with one attached hydrogen (secondary N) is 1. The Morgan fingerprint density at radius 1 is 1.03 bits per heavy atom. The highest BCUT2D eigenvalue weighted by molar-refractivity contribution is 7.99. The Morgan fingerprint density at radius 3 is 2.42 bits per heavy atom. The number of anilines is 1. The lowest BCUT2D eigenvalue weighted by Gasteiger charge is -2.10. The number of carbonyl (C=O) groups excluding carboxylic acids is 1. The number of rotatable bonds is 6. The van der Waals surface area contributed by atoms with Crippen LogP contribution in [0.1, 0.15) is 5.56 Å². The molecule has 4 rings (SSSR count). The zero-order valence-corrected chi connectivity index (χ0v) is 16.9. The van der Waals surface area contributed by atoms with Gasteiger partial charge in [-0.2, -0.15) is 5.26 Å². The molecule has 9 heteroatoms. The Balaban J connectivity index is 1.56. The van der Waals surface area contributed by atoms with Crippen LogP contribution in [0.15, 0.2) is 78.2 Å². The number of benzene rings is 2. The minimum Gasteiger partial charge on any atom is -0.325 e. The van der Waals surface area contributed by atoms with Crippen LogP contribution in [-0.2, 0) is 4.79 Å². The van der Waals surface area contributed by atoms with Crippen LogP contribution in [0.4, 0.5) is 10.1 Å². The number of nitriles is 1. The van der Waals surface area contributed by atoms with Crippen molar-refractivity contribution in [2.75, 3.05) is 11.1 Å². The zero-order chi connectivity index (χ0) is 21.6. The fourth-order valence-corrected chi connectivity index (χ4v) is 3.58. The summed E-state index contributed by atoms with van der Waals surface area (Å²) in [5, 5.41) is 20.7. The second-order valence-electron chi connectivity index (χ2n) is 6.38. The van der Waals surface area contributed by atoms with Crippen LogP contribution < -0.4 is 5.32 Å². The monoisotopic (exact) mass is 430 g/mol. The lowest BCUT2D eigenvalue weighted by Crippen LogP contribution is -2.14. The molecule has 0 bridgehead atoms. The third-order valence-corrected chi connectivity index (χ3v) is 5.22. The van der Waals surface area contributed by atoms with E-state index in [2.05, 4.69) is 20.5 Å². The van der Waals surface area contributed by atoms with Crippen molar-refractivity contribution in [2.45, 2.75) is 5.16 Å². The highest BCUT2D eigenvalue weighted by Crippen LogP contribution is 2.28. The first-order valence-electron chi connectivity index (χ1n) is 9.18. The number of thioether (sulfide) groups is 1. The molecule has 0 atom stereocenters. The first-order valence-corrected chi connectivity index (χ1v) is 10.2. The Labute approximate surface area is 181 Å². The van der Waals surface area contributed by atoms with E-state index in [1.165, 1.54) is 23.9 Å². The molecule has 2 aromatic heterocycles. The quantitative estimate of drug-likeness (QED) is 0.463. The average Bonchev–Trinajstić information content (AvgIpc) is 3.23. The van der Waals surface area contributed by atoms with Gasteiger partial charge in [0.1, 0.15) is 5.82 Å². The van der Waals surface area contributed by atoms with Gasteiger partial charge in [-0.1, -0.05) is 11.8 Å². The molecular formula is C22H15FN6OS. The van der Waals surface area contributed by atoms with Crippen molar-refractivity contribution in [3.05, 3.63) is 84.4 Å². The van der Waals surface area contributed by atoms with Gasteiger partial charge in [-0.3, -0.25) is 14.3 Å². The maximum absolute atomic E-state index is 13.4. The molecule has 2 heterocycles. The summed E-state index contributed by atoms with van der Waals surface area (Å²) in [6, 6.07) is 18.2. The molecule has 152 valence electrons. The van der Waals surface area contributed by atoms with Crippen molar-refractivity contribution < 1.29 is 9.18 Å². The van der Waals surface area contributed by atoms with Crippen molar-refractivity contribution in [1.29, 1.82) is 5.26 Å². The molecule has 0 saturated heterocycles. The predicted octanol–water partition coefficient (Wildman–Crippen LogP) is 4.07. The summed E-state index contributed by atoms with van der Waals surface area (Å²) in [6.45, 7) is 0. The number of amides is 1. The van der Waals surface area contributed by atoms with E-state index < -0.39 is 0 Å². The van der Waals surface area contributed by atoms with Gasteiger partial charge in [0.25, 0.3) is 0 Å². The molecule has 0 aliphatic rings. The maximum Gasteiger partial charge on any atom is 0.234 e. The van der Waals surface area contributed by atoms with Crippen molar-refractivity contribution in [3.63, 3.8) is 0 Å². The molecule has 0 fully saturated rings. The molecule has 0 aliphatic carbocycles. The third-order valence-electron chi connectivity index (χ3n) is 4.29. The minimum atomic E-state index is -0.349. The van der Waals surface area contributed by atoms with Crippen LogP contribution in [0.5, 0.6) is 0 Å². The summed E-state index contributed by atoms with van der Waals surface area (Å²) in [5.41, 5.74) is 2.58. The van der Waals surface area contributed by atoms with Crippen LogP contribution in [0.3, 0.4) is 0 Å². The number of hydrogen-bond donors (Lipinski definition) is 1. The molecule has 0 spiro atoms. The SMILES string of the molecule is N#Cc1ccc(NC(=O)CSc2nnc(-c3ccncc3)n2-c2ccc(F)cc2)cc1. The van der Waals surface area contributed by atoms with Crippen LogP contribution in [-0.4, -0.2) is 31.4 Å². The highest BCUT2D eigenvalue weighted by atomic mass is 32.2. The predicted molar refractivity (Wildman–Crippen MR) is 115 cm³/mol. The van der Waals surface area contributed by atoms with Gasteiger partial charge in [0.15, 0.2) is 11.0 Å². The number of halogens is 1. The van der Waals surface area contributed by atoms with Gasteiger partial charge in [-0.25, -0.2) is 4.39 Å². The normalized spacial score (nSPS) is 10.5. The van der Waals surface area contributed by atoms with E-state index in [-0.39, 0.29) is 17.5 Å². The molecule has 31 heavy (non-hydrogen) atoms. The van der Waals surface area contributed by atoms with E-state index in [9.17, 15) is 9.18 Å². The highest BCUT2D eigenvalue weighted by Gasteiger charge is 2.17. The zero-order valence-electron chi connectivity index (χ0n) is 16.1. The number of pyridine rings is 1. The molecule has 1 amide bonds. The second-order valence-corrected chi connectivity index (χ2v) is 7.32. The van der Waals surface area contributed by atoms with E-state index in [0.717, 1.165) is 5.56 Å². The van der Waals surface area contributed by atoms with E-state index in [0.29, 0.717) is 27.9 Å². The van der Waals surface area contributed by atoms with Crippen LogP contribution in [0.25, 0.3) is 17.1 Å². The Hall–Kier alpha value is -4.03. The fourth-order valence-electron chi connectivity index (χ4n) is 2.83. The molecule has 2 aromatic carbocycles. The molecular weight excluding hydrogens is 415 g/mol. The molecule has 4 aromatic rings. The molecule has 0 radical (unpaired) electrons. The topological polar surface area (TPSA) is 96.5 Å². The first-order chi connectivity index (χ1) is 15.1. The Kier molecular flexibility index (Phi) is 6.01. The molecule has 1 N–H and O–H groups in total. The number of nitrogens with zero attached hydrogens (tertiary/aromatic N) is 5. The average molecular weight is 430 g/mol. The van der Waals surface area contributed by atoms with Gasteiger partial charge in [0.05, 0.1) is 17.4 Å². The Morgan fingerprint density at radius 2 is 1.74 bits per heavy atom. The van der Waals surface area contributed by atoms with Crippen LogP contribution in [0.2, 0.25) is 0 Å². The van der Waals surface area contributed by atoms with Gasteiger partial charge < -0.3 is 5.32 Å². The third kappa shape index (κ3) is 4.76. The number of carbonyl (C=O) groups is 1. The van der Waals surface area contributed by atoms with Crippen LogP contribution in [0, 0.1) is 17.1 Å². The van der Waals surface area contributed by atoms with Crippen molar-refractivity contribution in [1.82, 2.24) is 19.7 Å². The standard InChI is InChI=1S/C22H15FN6OS/c23-17-3-7-19(8-4-17)29-21(16-9-11-25-12-10-16)27-28-22(29)31-14-20(30)26-18-5-1-15(13-24)2-6-18/h1-12H,14H2,(H,26,30). The van der Waals surface area contributed by atoms with E-state index >= 15 is 0 Å². The van der Waals surface area contributed by atoms with Gasteiger partial charge in [-0.05, 0) is 60.7 Å². The number of hydrogen-bond acceptors (Lipinski definition) is 6. The smallest absolute Gasteiger partial charge is 0.234 e. The Bertz CT molecular complexity index is 1230. The summed E-state index contributed by atoms with van der Waals surface area (Å²) < 4.78 is 15.2. The summed E-state index contributed by atoms with van der Waals surface area (Å²) in [4.78, 5) is 16.4. The first kappa shape index (κ1) is 20.3. The van der Waals surface area contributed by atoms with E-state index in [1.807, 2.05) is 6.07 Å². The lowest BCUT2D eigenvalue weighted by atomic mass is 10.2. The second kappa shape index (κ2) is 9.19. The summed E-state index contributed by atoms with van der Waals surface area (Å²) in [7, 11) is 0. The van der Waals surface area contributed by atoms with E-state index in [4.69, 9.17) is 5.26 Å². The van der Waals surface area contributed by atoms with E-state index in [1.54, 1.807) is 65.5 Å². The number of aromatic nitrogens is 4. The van der Waals surface area contributed by atoms with Gasteiger partial charge in [0.2, 0.25) is 5.91 Å². The van der Waals surface area contributed by atoms with Gasteiger partial charge in [-0.15, -0.1) is 10.2 Å². The largest absolute Gasteiger partial charge is 0.325 e. The summed E-state index contributed by atoms with van der Waals surface area (Å²) in [6.07, 6.45) is 3.30. The summed E-state index contributed by atoms with van der Waals surface area (Å²) in [5.74, 6) is 0.0754. The van der Waals surface area contributed by atoms with Crippen molar-refractivity contribution >= 4 is 23.4 Å². The summed E-state index contributed by atoms with van der Waals surface area (Å²) >= 11 is 1.21. The molecule has 0 saturated carbocycles. The fraction of sp³-hybridized carbons (Fsp3) is 0.0455. The lowest BCUT2D eigenvalue weighted by molar-refractivity contribution is -0.113. The molecule has 0 aliphatic heterocycles. The molecule has 7 nitrogen and oxygen atoms in total. The molecule has 0 unspecified atom stereocenters. The van der Waals surface area contributed by atoms with Crippen LogP contribution >= 0.6 is 11.8 Å². The van der Waals surface area contributed by atoms with Crippen molar-refractivity contribution in [2.24, 2.45) is 0 Å². The maximum atomic E-state index is 13.4. The van der Waals surface area contributed by atoms with Gasteiger partial charge >= 0.3 is 0 Å². The van der Waals surface area contributed by atoms with Crippen molar-refractivity contribution in [3.8, 4) is 23.1 Å². The minimum absolute atomic E-state index is 0.0929. The van der Waals surface area contributed by atoms with Gasteiger partial charge in [0, 0.05) is 29.3 Å².